The van der Waals surface area contributed by atoms with Gasteiger partial charge >= 0.3 is 0 Å². The van der Waals surface area contributed by atoms with Crippen molar-refractivity contribution in [2.75, 3.05) is 5.32 Å². The van der Waals surface area contributed by atoms with Crippen LogP contribution in [0.15, 0.2) is 52.7 Å². The molecule has 3 aromatic rings. The van der Waals surface area contributed by atoms with Crippen molar-refractivity contribution in [1.82, 2.24) is 14.7 Å². The van der Waals surface area contributed by atoms with Crippen molar-refractivity contribution in [2.45, 2.75) is 37.2 Å². The molecular weight excluding hydrogens is 336 g/mol. The Balaban J connectivity index is 1.83. The number of aryl methyl sites for hydroxylation is 1. The normalized spacial score (nSPS) is 12.2. The fraction of sp³-hybridized carbons (Fsp3) is 0.278. The van der Waals surface area contributed by atoms with Gasteiger partial charge in [-0.25, -0.2) is 4.98 Å². The Morgan fingerprint density at radius 1 is 1.48 bits per heavy atom. The summed E-state index contributed by atoms with van der Waals surface area (Å²) in [6, 6.07) is 9.63. The first-order chi connectivity index (χ1) is 12.1. The fourth-order valence-corrected chi connectivity index (χ4v) is 3.57. The number of carbonyl (C=O) groups excluding carboxylic acids is 1. The summed E-state index contributed by atoms with van der Waals surface area (Å²) in [6.07, 6.45) is 2.50. The number of hydrogen-bond acceptors (Lipinski definition) is 5. The number of para-hydroxylation sites is 2. The first kappa shape index (κ1) is 17.3. The maximum Gasteiger partial charge on any atom is 0.239 e. The van der Waals surface area contributed by atoms with E-state index in [1.54, 1.807) is 13.0 Å². The Labute approximate surface area is 150 Å². The van der Waals surface area contributed by atoms with E-state index in [2.05, 4.69) is 26.6 Å². The Kier molecular flexibility index (Phi) is 5.23. The third kappa shape index (κ3) is 3.76. The average molecular weight is 356 g/mol. The maximum atomic E-state index is 12.6. The van der Waals surface area contributed by atoms with Crippen molar-refractivity contribution in [3.63, 3.8) is 0 Å². The lowest BCUT2D eigenvalue weighted by Crippen LogP contribution is -2.25. The van der Waals surface area contributed by atoms with Crippen molar-refractivity contribution in [1.29, 1.82) is 0 Å². The predicted octanol–water partition coefficient (Wildman–Crippen LogP) is 4.03. The van der Waals surface area contributed by atoms with E-state index in [1.165, 1.54) is 11.8 Å². The quantitative estimate of drug-likeness (QED) is 0.511. The van der Waals surface area contributed by atoms with Crippen LogP contribution in [0.3, 0.4) is 0 Å². The van der Waals surface area contributed by atoms with Gasteiger partial charge in [-0.3, -0.25) is 4.79 Å². The molecule has 0 spiro atoms. The number of imidazole rings is 1. The van der Waals surface area contributed by atoms with Gasteiger partial charge < -0.3 is 14.4 Å². The smallest absolute Gasteiger partial charge is 0.239 e. The Bertz CT molecular complexity index is 900. The van der Waals surface area contributed by atoms with Crippen molar-refractivity contribution >= 4 is 34.5 Å². The van der Waals surface area contributed by atoms with Gasteiger partial charge in [0.15, 0.2) is 11.0 Å². The number of thioether (sulfide) groups is 1. The SMILES string of the molecule is C=CCn1c(SC(CC)C(=O)Nc2cc(C)on2)nc2ccccc21. The number of nitrogens with one attached hydrogen (secondary N) is 1. The number of fused-ring (bicyclic) bond motifs is 1. The third-order valence-electron chi connectivity index (χ3n) is 3.72. The Morgan fingerprint density at radius 2 is 2.28 bits per heavy atom. The molecule has 3 rings (SSSR count). The van der Waals surface area contributed by atoms with Crippen LogP contribution in [-0.2, 0) is 11.3 Å². The Hall–Kier alpha value is -2.54. The molecule has 1 atom stereocenters. The molecule has 2 heterocycles. The van der Waals surface area contributed by atoms with Crippen molar-refractivity contribution in [3.8, 4) is 0 Å². The summed E-state index contributed by atoms with van der Waals surface area (Å²) in [7, 11) is 0. The van der Waals surface area contributed by atoms with Crippen LogP contribution in [0.25, 0.3) is 11.0 Å². The monoisotopic (exact) mass is 356 g/mol. The van der Waals surface area contributed by atoms with E-state index >= 15 is 0 Å². The molecule has 130 valence electrons. The van der Waals surface area contributed by atoms with E-state index in [9.17, 15) is 4.79 Å². The minimum absolute atomic E-state index is 0.113. The van der Waals surface area contributed by atoms with Crippen LogP contribution in [-0.4, -0.2) is 25.9 Å². The number of rotatable bonds is 7. The molecule has 1 N–H and O–H groups in total. The van der Waals surface area contributed by atoms with Gasteiger partial charge in [0, 0.05) is 12.6 Å². The summed E-state index contributed by atoms with van der Waals surface area (Å²) in [5, 5.41) is 7.13. The molecule has 0 saturated heterocycles. The lowest BCUT2D eigenvalue weighted by Gasteiger charge is -2.14. The van der Waals surface area contributed by atoms with E-state index in [1.807, 2.05) is 37.3 Å². The third-order valence-corrected chi connectivity index (χ3v) is 5.08. The van der Waals surface area contributed by atoms with Crippen LogP contribution in [0.4, 0.5) is 5.82 Å². The van der Waals surface area contributed by atoms with Gasteiger partial charge in [0.05, 0.1) is 16.3 Å². The first-order valence-electron chi connectivity index (χ1n) is 8.09. The highest BCUT2D eigenvalue weighted by atomic mass is 32.2. The lowest BCUT2D eigenvalue weighted by atomic mass is 10.3. The Morgan fingerprint density at radius 3 is 2.96 bits per heavy atom. The highest BCUT2D eigenvalue weighted by Crippen LogP contribution is 2.29. The molecule has 1 amide bonds. The van der Waals surface area contributed by atoms with Gasteiger partial charge in [-0.15, -0.1) is 6.58 Å². The highest BCUT2D eigenvalue weighted by Gasteiger charge is 2.22. The summed E-state index contributed by atoms with van der Waals surface area (Å²) in [6.45, 7) is 8.22. The number of benzene rings is 1. The van der Waals surface area contributed by atoms with Crippen LogP contribution in [0.2, 0.25) is 0 Å². The van der Waals surface area contributed by atoms with E-state index in [0.717, 1.165) is 16.2 Å². The molecule has 1 unspecified atom stereocenters. The summed E-state index contributed by atoms with van der Waals surface area (Å²) in [5.41, 5.74) is 1.95. The number of anilines is 1. The van der Waals surface area contributed by atoms with Crippen LogP contribution in [0.5, 0.6) is 0 Å². The minimum Gasteiger partial charge on any atom is -0.360 e. The first-order valence-corrected chi connectivity index (χ1v) is 8.97. The number of carbonyl (C=O) groups is 1. The second-order valence-corrected chi connectivity index (χ2v) is 6.78. The molecule has 7 heteroatoms. The fourth-order valence-electron chi connectivity index (χ4n) is 2.53. The maximum absolute atomic E-state index is 12.6. The second kappa shape index (κ2) is 7.57. The summed E-state index contributed by atoms with van der Waals surface area (Å²) < 4.78 is 7.06. The van der Waals surface area contributed by atoms with Gasteiger partial charge in [0.25, 0.3) is 0 Å². The van der Waals surface area contributed by atoms with Gasteiger partial charge in [0.1, 0.15) is 5.76 Å². The summed E-state index contributed by atoms with van der Waals surface area (Å²) >= 11 is 1.45. The number of allylic oxidation sites excluding steroid dienone is 1. The van der Waals surface area contributed by atoms with E-state index in [4.69, 9.17) is 4.52 Å². The highest BCUT2D eigenvalue weighted by molar-refractivity contribution is 8.00. The van der Waals surface area contributed by atoms with Gasteiger partial charge in [-0.05, 0) is 25.5 Å². The van der Waals surface area contributed by atoms with Gasteiger partial charge in [-0.1, -0.05) is 42.1 Å². The van der Waals surface area contributed by atoms with Crippen LogP contribution < -0.4 is 5.32 Å². The van der Waals surface area contributed by atoms with Crippen LogP contribution in [0, 0.1) is 6.92 Å². The molecule has 6 nitrogen and oxygen atoms in total. The second-order valence-electron chi connectivity index (χ2n) is 5.61. The van der Waals surface area contributed by atoms with Crippen LogP contribution >= 0.6 is 11.8 Å². The molecule has 0 saturated carbocycles. The van der Waals surface area contributed by atoms with Crippen LogP contribution in [0.1, 0.15) is 19.1 Å². The predicted molar refractivity (Wildman–Crippen MR) is 99.7 cm³/mol. The molecule has 0 radical (unpaired) electrons. The number of nitrogens with zero attached hydrogens (tertiary/aromatic N) is 3. The van der Waals surface area contributed by atoms with Gasteiger partial charge in [-0.2, -0.15) is 0 Å². The molecule has 0 bridgehead atoms. The molecular formula is C18H20N4O2S. The summed E-state index contributed by atoms with van der Waals surface area (Å²) in [5.74, 6) is 0.975. The van der Waals surface area contributed by atoms with Crippen molar-refractivity contribution in [2.24, 2.45) is 0 Å². The number of hydrogen-bond donors (Lipinski definition) is 1. The van der Waals surface area contributed by atoms with E-state index in [0.29, 0.717) is 24.5 Å². The number of amides is 1. The average Bonchev–Trinajstić information content (AvgIpc) is 3.16. The van der Waals surface area contributed by atoms with Gasteiger partial charge in [0.2, 0.25) is 5.91 Å². The molecule has 0 fully saturated rings. The largest absolute Gasteiger partial charge is 0.360 e. The molecule has 1 aromatic carbocycles. The molecule has 0 aliphatic rings. The zero-order valence-electron chi connectivity index (χ0n) is 14.2. The van der Waals surface area contributed by atoms with E-state index in [-0.39, 0.29) is 11.2 Å². The zero-order chi connectivity index (χ0) is 17.8. The topological polar surface area (TPSA) is 73.0 Å². The van der Waals surface area contributed by atoms with Crippen molar-refractivity contribution in [3.05, 3.63) is 48.7 Å². The molecule has 0 aliphatic carbocycles. The zero-order valence-corrected chi connectivity index (χ0v) is 15.0. The molecule has 0 aliphatic heterocycles. The molecule has 2 aromatic heterocycles. The minimum atomic E-state index is -0.280. The standard InChI is InChI=1S/C18H20N4O2S/c1-4-10-22-14-9-7-6-8-13(14)19-18(22)25-15(5-2)17(23)20-16-11-12(3)24-21-16/h4,6-9,11,15H,1,5,10H2,2-3H3,(H,20,21,23). The number of aromatic nitrogens is 3. The summed E-state index contributed by atoms with van der Waals surface area (Å²) in [4.78, 5) is 17.2. The van der Waals surface area contributed by atoms with Crippen molar-refractivity contribution < 1.29 is 9.32 Å². The molecule has 25 heavy (non-hydrogen) atoms. The lowest BCUT2D eigenvalue weighted by molar-refractivity contribution is -0.115. The van der Waals surface area contributed by atoms with E-state index < -0.39 is 0 Å².